The Kier molecular flexibility index (Phi) is 3.36. The summed E-state index contributed by atoms with van der Waals surface area (Å²) in [5.41, 5.74) is 0.161. The Morgan fingerprint density at radius 1 is 1.56 bits per heavy atom. The zero-order valence-electron chi connectivity index (χ0n) is 10.6. The van der Waals surface area contributed by atoms with Crippen molar-refractivity contribution >= 4 is 17.7 Å². The molecule has 6 nitrogen and oxygen atoms in total. The molecule has 0 saturated heterocycles. The van der Waals surface area contributed by atoms with Crippen molar-refractivity contribution in [1.82, 2.24) is 9.97 Å². The van der Waals surface area contributed by atoms with Gasteiger partial charge in [-0.05, 0) is 25.2 Å². The van der Waals surface area contributed by atoms with E-state index in [0.717, 1.165) is 12.8 Å². The van der Waals surface area contributed by atoms with Gasteiger partial charge in [0.15, 0.2) is 0 Å². The minimum Gasteiger partial charge on any atom is -0.460 e. The summed E-state index contributed by atoms with van der Waals surface area (Å²) in [5.74, 6) is -0.0571. The molecule has 1 aromatic heterocycles. The van der Waals surface area contributed by atoms with Crippen molar-refractivity contribution in [1.29, 1.82) is 0 Å². The molecule has 1 aliphatic carbocycles. The number of amides is 1. The lowest BCUT2D eigenvalue weighted by Crippen LogP contribution is -2.16. The van der Waals surface area contributed by atoms with E-state index in [2.05, 4.69) is 22.2 Å². The summed E-state index contributed by atoms with van der Waals surface area (Å²) in [6.45, 7) is 4.10. The van der Waals surface area contributed by atoms with Gasteiger partial charge in [0.2, 0.25) is 11.7 Å². The second-order valence-corrected chi connectivity index (χ2v) is 4.90. The summed E-state index contributed by atoms with van der Waals surface area (Å²) >= 11 is 0. The van der Waals surface area contributed by atoms with Crippen LogP contribution in [0.1, 0.15) is 43.7 Å². The molecule has 1 fully saturated rings. The SMILES string of the molecule is CCOC(=O)c1ncc(NC(=O)CC2(C)CC2)[nH]1. The predicted octanol–water partition coefficient (Wildman–Crippen LogP) is 1.72. The van der Waals surface area contributed by atoms with Crippen LogP contribution in [-0.2, 0) is 9.53 Å². The first-order valence-corrected chi connectivity index (χ1v) is 6.04. The van der Waals surface area contributed by atoms with Crippen molar-refractivity contribution in [2.75, 3.05) is 11.9 Å². The molecule has 0 aromatic carbocycles. The Morgan fingerprint density at radius 3 is 2.89 bits per heavy atom. The highest BCUT2D eigenvalue weighted by Crippen LogP contribution is 2.48. The second-order valence-electron chi connectivity index (χ2n) is 4.90. The van der Waals surface area contributed by atoms with Gasteiger partial charge in [0.25, 0.3) is 0 Å². The lowest BCUT2D eigenvalue weighted by atomic mass is 10.1. The number of aromatic amines is 1. The van der Waals surface area contributed by atoms with E-state index in [4.69, 9.17) is 4.74 Å². The Labute approximate surface area is 105 Å². The van der Waals surface area contributed by atoms with Gasteiger partial charge in [0.05, 0.1) is 12.8 Å². The molecule has 2 N–H and O–H groups in total. The van der Waals surface area contributed by atoms with Crippen molar-refractivity contribution in [3.05, 3.63) is 12.0 Å². The quantitative estimate of drug-likeness (QED) is 0.780. The van der Waals surface area contributed by atoms with Crippen LogP contribution in [0.15, 0.2) is 6.20 Å². The molecule has 0 atom stereocenters. The van der Waals surface area contributed by atoms with E-state index >= 15 is 0 Å². The minimum absolute atomic E-state index is 0.0611. The number of nitrogens with zero attached hydrogens (tertiary/aromatic N) is 1. The number of hydrogen-bond acceptors (Lipinski definition) is 4. The number of hydrogen-bond donors (Lipinski definition) is 2. The van der Waals surface area contributed by atoms with Gasteiger partial charge >= 0.3 is 5.97 Å². The fourth-order valence-electron chi connectivity index (χ4n) is 1.66. The summed E-state index contributed by atoms with van der Waals surface area (Å²) in [6, 6.07) is 0. The van der Waals surface area contributed by atoms with Gasteiger partial charge < -0.3 is 15.0 Å². The van der Waals surface area contributed by atoms with Gasteiger partial charge in [0, 0.05) is 6.42 Å². The number of anilines is 1. The number of esters is 1. The lowest BCUT2D eigenvalue weighted by molar-refractivity contribution is -0.117. The number of carbonyl (C=O) groups is 2. The largest absolute Gasteiger partial charge is 0.460 e. The molecule has 2 rings (SSSR count). The molecule has 98 valence electrons. The number of aromatic nitrogens is 2. The number of rotatable bonds is 5. The summed E-state index contributed by atoms with van der Waals surface area (Å²) in [7, 11) is 0. The van der Waals surface area contributed by atoms with E-state index in [9.17, 15) is 9.59 Å². The Morgan fingerprint density at radius 2 is 2.28 bits per heavy atom. The van der Waals surface area contributed by atoms with Crippen molar-refractivity contribution < 1.29 is 14.3 Å². The van der Waals surface area contributed by atoms with Crippen molar-refractivity contribution in [2.24, 2.45) is 5.41 Å². The van der Waals surface area contributed by atoms with Crippen molar-refractivity contribution in [3.63, 3.8) is 0 Å². The first-order valence-electron chi connectivity index (χ1n) is 6.04. The van der Waals surface area contributed by atoms with E-state index < -0.39 is 5.97 Å². The van der Waals surface area contributed by atoms with Gasteiger partial charge in [0.1, 0.15) is 5.82 Å². The first kappa shape index (κ1) is 12.6. The van der Waals surface area contributed by atoms with Gasteiger partial charge in [-0.1, -0.05) is 6.92 Å². The molecule has 0 bridgehead atoms. The van der Waals surface area contributed by atoms with Crippen LogP contribution in [0.3, 0.4) is 0 Å². The van der Waals surface area contributed by atoms with Crippen LogP contribution in [0, 0.1) is 5.41 Å². The third kappa shape index (κ3) is 3.09. The van der Waals surface area contributed by atoms with Crippen LogP contribution in [0.5, 0.6) is 0 Å². The van der Waals surface area contributed by atoms with Gasteiger partial charge in [-0.15, -0.1) is 0 Å². The van der Waals surface area contributed by atoms with E-state index in [-0.39, 0.29) is 17.1 Å². The molecule has 1 aliphatic rings. The van der Waals surface area contributed by atoms with Crippen molar-refractivity contribution in [2.45, 2.75) is 33.1 Å². The Bertz CT molecular complexity index is 463. The van der Waals surface area contributed by atoms with Crippen LogP contribution >= 0.6 is 0 Å². The maximum absolute atomic E-state index is 11.7. The van der Waals surface area contributed by atoms with Crippen LogP contribution in [0.25, 0.3) is 0 Å². The van der Waals surface area contributed by atoms with Gasteiger partial charge in [-0.3, -0.25) is 4.79 Å². The van der Waals surface area contributed by atoms with Crippen molar-refractivity contribution in [3.8, 4) is 0 Å². The second kappa shape index (κ2) is 4.80. The average molecular weight is 251 g/mol. The molecule has 1 amide bonds. The maximum atomic E-state index is 11.7. The molecule has 0 aliphatic heterocycles. The van der Waals surface area contributed by atoms with E-state index in [1.54, 1.807) is 6.92 Å². The third-order valence-electron chi connectivity index (χ3n) is 3.01. The molecule has 1 saturated carbocycles. The van der Waals surface area contributed by atoms with Gasteiger partial charge in [-0.25, -0.2) is 9.78 Å². The normalized spacial score (nSPS) is 16.1. The number of carbonyl (C=O) groups excluding carboxylic acids is 2. The molecular formula is C12H17N3O3. The van der Waals surface area contributed by atoms with E-state index in [1.165, 1.54) is 6.20 Å². The maximum Gasteiger partial charge on any atom is 0.374 e. The summed E-state index contributed by atoms with van der Waals surface area (Å²) in [5, 5.41) is 2.69. The molecule has 1 aromatic rings. The highest BCUT2D eigenvalue weighted by atomic mass is 16.5. The Hall–Kier alpha value is -1.85. The number of nitrogens with one attached hydrogen (secondary N) is 2. The fraction of sp³-hybridized carbons (Fsp3) is 0.583. The van der Waals surface area contributed by atoms with Gasteiger partial charge in [-0.2, -0.15) is 0 Å². The predicted molar refractivity (Wildman–Crippen MR) is 65.1 cm³/mol. The summed E-state index contributed by atoms with van der Waals surface area (Å²) in [6.07, 6.45) is 4.11. The molecule has 18 heavy (non-hydrogen) atoms. The Balaban J connectivity index is 1.89. The number of H-pyrrole nitrogens is 1. The van der Waals surface area contributed by atoms with Crippen LogP contribution in [0.4, 0.5) is 5.82 Å². The standard InChI is InChI=1S/C12H17N3O3/c1-3-18-11(17)10-13-7-8(15-10)14-9(16)6-12(2)4-5-12/h7H,3-6H2,1-2H3,(H,13,15)(H,14,16). The minimum atomic E-state index is -0.521. The third-order valence-corrected chi connectivity index (χ3v) is 3.01. The molecule has 0 radical (unpaired) electrons. The molecule has 1 heterocycles. The van der Waals surface area contributed by atoms with Crippen LogP contribution < -0.4 is 5.32 Å². The number of imidazole rings is 1. The molecular weight excluding hydrogens is 234 g/mol. The summed E-state index contributed by atoms with van der Waals surface area (Å²) in [4.78, 5) is 29.6. The highest BCUT2D eigenvalue weighted by molar-refractivity contribution is 5.91. The lowest BCUT2D eigenvalue weighted by Gasteiger charge is -2.07. The molecule has 0 spiro atoms. The monoisotopic (exact) mass is 251 g/mol. The molecule has 0 unspecified atom stereocenters. The zero-order valence-corrected chi connectivity index (χ0v) is 10.6. The van der Waals surface area contributed by atoms with Crippen LogP contribution in [-0.4, -0.2) is 28.5 Å². The zero-order chi connectivity index (χ0) is 13.2. The van der Waals surface area contributed by atoms with E-state index in [0.29, 0.717) is 18.8 Å². The topological polar surface area (TPSA) is 84.1 Å². The average Bonchev–Trinajstić information content (AvgIpc) is 2.84. The molecule has 6 heteroatoms. The highest BCUT2D eigenvalue weighted by Gasteiger charge is 2.39. The number of ether oxygens (including phenoxy) is 1. The first-order chi connectivity index (χ1) is 8.52. The summed E-state index contributed by atoms with van der Waals surface area (Å²) < 4.78 is 4.79. The smallest absolute Gasteiger partial charge is 0.374 e. The van der Waals surface area contributed by atoms with E-state index in [1.807, 2.05) is 0 Å². The fourth-order valence-corrected chi connectivity index (χ4v) is 1.66. The van der Waals surface area contributed by atoms with Crippen LogP contribution in [0.2, 0.25) is 0 Å².